The van der Waals surface area contributed by atoms with Crippen molar-refractivity contribution in [1.82, 2.24) is 5.32 Å². The van der Waals surface area contributed by atoms with E-state index in [0.29, 0.717) is 22.0 Å². The number of nitro groups is 1. The summed E-state index contributed by atoms with van der Waals surface area (Å²) in [7, 11) is 1.41. The van der Waals surface area contributed by atoms with Crippen LogP contribution in [0.3, 0.4) is 0 Å². The number of nitrogens with one attached hydrogen (secondary N) is 1. The Morgan fingerprint density at radius 3 is 2.47 bits per heavy atom. The van der Waals surface area contributed by atoms with Crippen molar-refractivity contribution in [2.24, 2.45) is 0 Å². The zero-order valence-corrected chi connectivity index (χ0v) is 18.8. The first kappa shape index (κ1) is 24.1. The fourth-order valence-corrected chi connectivity index (χ4v) is 3.44. The van der Waals surface area contributed by atoms with Crippen molar-refractivity contribution in [2.75, 3.05) is 12.0 Å². The lowest BCUT2D eigenvalue weighted by Gasteiger charge is -2.26. The monoisotopic (exact) mass is 491 g/mol. The Labute approximate surface area is 203 Å². The molecule has 3 aromatic rings. The van der Waals surface area contributed by atoms with E-state index in [0.717, 1.165) is 11.6 Å². The first-order valence-corrected chi connectivity index (χ1v) is 10.5. The van der Waals surface area contributed by atoms with Crippen LogP contribution >= 0.6 is 0 Å². The summed E-state index contributed by atoms with van der Waals surface area (Å²) >= 11 is 0. The molecule has 0 unspecified atom stereocenters. The lowest BCUT2D eigenvalue weighted by atomic mass is 10.1. The number of carbonyl (C=O) groups is 3. The number of halogens is 1. The third-order valence-corrected chi connectivity index (χ3v) is 5.21. The van der Waals surface area contributed by atoms with Crippen LogP contribution in [0.25, 0.3) is 6.08 Å². The maximum absolute atomic E-state index is 13.1. The van der Waals surface area contributed by atoms with Gasteiger partial charge in [-0.25, -0.2) is 14.1 Å². The average molecular weight is 491 g/mol. The van der Waals surface area contributed by atoms with Gasteiger partial charge in [-0.15, -0.1) is 0 Å². The summed E-state index contributed by atoms with van der Waals surface area (Å²) in [5, 5.41) is 13.2. The van der Waals surface area contributed by atoms with Gasteiger partial charge in [0.15, 0.2) is 11.5 Å². The molecule has 1 aliphatic heterocycles. The second-order valence-corrected chi connectivity index (χ2v) is 7.56. The maximum Gasteiger partial charge on any atom is 0.335 e. The molecular weight excluding hydrogens is 473 g/mol. The average Bonchev–Trinajstić information content (AvgIpc) is 2.86. The van der Waals surface area contributed by atoms with Gasteiger partial charge in [-0.2, -0.15) is 0 Å². The van der Waals surface area contributed by atoms with E-state index in [1.165, 1.54) is 49.6 Å². The molecule has 0 spiro atoms. The molecule has 4 rings (SSSR count). The summed E-state index contributed by atoms with van der Waals surface area (Å²) in [6.45, 7) is 0.151. The molecule has 1 heterocycles. The quantitative estimate of drug-likeness (QED) is 0.229. The molecule has 4 amide bonds. The van der Waals surface area contributed by atoms with E-state index in [1.807, 2.05) is 0 Å². The number of anilines is 1. The van der Waals surface area contributed by atoms with Gasteiger partial charge in [-0.1, -0.05) is 24.3 Å². The van der Waals surface area contributed by atoms with E-state index in [4.69, 9.17) is 9.47 Å². The van der Waals surface area contributed by atoms with E-state index in [9.17, 15) is 28.9 Å². The number of carbonyl (C=O) groups excluding carboxylic acids is 3. The van der Waals surface area contributed by atoms with E-state index >= 15 is 0 Å². The molecule has 0 aromatic heterocycles. The van der Waals surface area contributed by atoms with E-state index in [1.54, 1.807) is 24.3 Å². The van der Waals surface area contributed by atoms with Crippen LogP contribution < -0.4 is 19.7 Å². The number of hydrogen-bond donors (Lipinski definition) is 1. The summed E-state index contributed by atoms with van der Waals surface area (Å²) in [5.74, 6) is -1.54. The number of methoxy groups -OCH3 is 1. The molecule has 11 heteroatoms. The van der Waals surface area contributed by atoms with Gasteiger partial charge in [0.1, 0.15) is 18.0 Å². The van der Waals surface area contributed by atoms with E-state index < -0.39 is 22.8 Å². The number of amides is 4. The molecule has 1 fully saturated rings. The normalized spacial score (nSPS) is 14.6. The molecule has 1 N–H and O–H groups in total. The molecule has 1 saturated heterocycles. The Morgan fingerprint density at radius 2 is 1.78 bits per heavy atom. The smallest absolute Gasteiger partial charge is 0.335 e. The molecule has 36 heavy (non-hydrogen) atoms. The topological polar surface area (TPSA) is 128 Å². The van der Waals surface area contributed by atoms with Crippen LogP contribution in [0.2, 0.25) is 0 Å². The van der Waals surface area contributed by atoms with Crippen LogP contribution in [0.1, 0.15) is 11.1 Å². The third kappa shape index (κ3) is 5.04. The molecular formula is C25H18FN3O7. The molecule has 0 saturated carbocycles. The predicted octanol–water partition coefficient (Wildman–Crippen LogP) is 3.99. The third-order valence-electron chi connectivity index (χ3n) is 5.21. The second kappa shape index (κ2) is 10.1. The van der Waals surface area contributed by atoms with Crippen LogP contribution in [0.15, 0.2) is 72.3 Å². The molecule has 0 radical (unpaired) electrons. The summed E-state index contributed by atoms with van der Waals surface area (Å²) in [5.41, 5.74) is 0.389. The van der Waals surface area contributed by atoms with Crippen molar-refractivity contribution in [3.63, 3.8) is 0 Å². The van der Waals surface area contributed by atoms with Crippen molar-refractivity contribution in [1.29, 1.82) is 0 Å². The summed E-state index contributed by atoms with van der Waals surface area (Å²) in [6.07, 6.45) is 1.26. The number of ether oxygens (including phenoxy) is 2. The number of non-ortho nitro benzene ring substituents is 1. The number of nitrogens with zero attached hydrogens (tertiary/aromatic N) is 2. The van der Waals surface area contributed by atoms with Crippen LogP contribution in [-0.4, -0.2) is 29.9 Å². The van der Waals surface area contributed by atoms with Gasteiger partial charge in [0.25, 0.3) is 17.5 Å². The van der Waals surface area contributed by atoms with Crippen LogP contribution in [0.5, 0.6) is 11.5 Å². The van der Waals surface area contributed by atoms with Gasteiger partial charge < -0.3 is 9.47 Å². The Morgan fingerprint density at radius 1 is 1.03 bits per heavy atom. The van der Waals surface area contributed by atoms with Crippen molar-refractivity contribution >= 4 is 35.3 Å². The van der Waals surface area contributed by atoms with Crippen molar-refractivity contribution in [2.45, 2.75) is 6.61 Å². The number of nitro benzene ring substituents is 1. The number of rotatable bonds is 7. The lowest BCUT2D eigenvalue weighted by molar-refractivity contribution is -0.384. The highest BCUT2D eigenvalue weighted by Crippen LogP contribution is 2.31. The molecule has 0 atom stereocenters. The van der Waals surface area contributed by atoms with Gasteiger partial charge in [-0.05, 0) is 47.5 Å². The van der Waals surface area contributed by atoms with Crippen molar-refractivity contribution < 1.29 is 33.2 Å². The van der Waals surface area contributed by atoms with Gasteiger partial charge in [0.05, 0.1) is 17.7 Å². The van der Waals surface area contributed by atoms with Crippen molar-refractivity contribution in [3.05, 3.63) is 99.4 Å². The Balaban J connectivity index is 1.60. The van der Waals surface area contributed by atoms with E-state index in [2.05, 4.69) is 5.32 Å². The number of hydrogen-bond acceptors (Lipinski definition) is 7. The van der Waals surface area contributed by atoms with Crippen LogP contribution in [-0.2, 0) is 16.2 Å². The Hall–Kier alpha value is -5.06. The van der Waals surface area contributed by atoms with Gasteiger partial charge in [-0.3, -0.25) is 25.0 Å². The zero-order chi connectivity index (χ0) is 25.8. The van der Waals surface area contributed by atoms with E-state index in [-0.39, 0.29) is 29.4 Å². The van der Waals surface area contributed by atoms with Crippen LogP contribution in [0.4, 0.5) is 20.6 Å². The first-order chi connectivity index (χ1) is 17.3. The molecule has 182 valence electrons. The van der Waals surface area contributed by atoms with Gasteiger partial charge >= 0.3 is 6.03 Å². The zero-order valence-electron chi connectivity index (χ0n) is 18.8. The minimum atomic E-state index is -1.02. The predicted molar refractivity (Wildman–Crippen MR) is 126 cm³/mol. The highest BCUT2D eigenvalue weighted by atomic mass is 19.1. The minimum Gasteiger partial charge on any atom is -0.493 e. The number of imide groups is 2. The first-order valence-electron chi connectivity index (χ1n) is 10.5. The maximum atomic E-state index is 13.1. The van der Waals surface area contributed by atoms with Crippen LogP contribution in [0, 0.1) is 15.9 Å². The Bertz CT molecular complexity index is 1400. The summed E-state index contributed by atoms with van der Waals surface area (Å²) < 4.78 is 24.2. The van der Waals surface area contributed by atoms with Crippen molar-refractivity contribution in [3.8, 4) is 11.5 Å². The molecule has 3 aromatic carbocycles. The molecule has 0 aliphatic carbocycles. The number of barbiturate groups is 1. The Kier molecular flexibility index (Phi) is 6.72. The number of urea groups is 1. The lowest BCUT2D eigenvalue weighted by Crippen LogP contribution is -2.54. The minimum absolute atomic E-state index is 0.0628. The second-order valence-electron chi connectivity index (χ2n) is 7.56. The SMILES string of the molecule is COc1cc(/C=C2\C(=O)NC(=O)N(c3cccc([N+](=O)[O-])c3)C2=O)ccc1OCc1ccc(F)cc1. The highest BCUT2D eigenvalue weighted by Gasteiger charge is 2.37. The number of benzene rings is 3. The molecule has 1 aliphatic rings. The standard InChI is InChI=1S/C25H18FN3O7/c1-35-22-12-16(7-10-21(22)36-14-15-5-8-17(26)9-6-15)11-20-23(30)27-25(32)28(24(20)31)18-3-2-4-19(13-18)29(33)34/h2-13H,14H2,1H3,(H,27,30,32)/b20-11+. The molecule has 10 nitrogen and oxygen atoms in total. The largest absolute Gasteiger partial charge is 0.493 e. The van der Waals surface area contributed by atoms with Gasteiger partial charge in [0, 0.05) is 12.1 Å². The fourth-order valence-electron chi connectivity index (χ4n) is 3.44. The summed E-state index contributed by atoms with van der Waals surface area (Å²) in [4.78, 5) is 48.9. The highest BCUT2D eigenvalue weighted by molar-refractivity contribution is 6.39. The summed E-state index contributed by atoms with van der Waals surface area (Å²) in [6, 6.07) is 14.4. The molecule has 0 bridgehead atoms. The fraction of sp³-hybridized carbons (Fsp3) is 0.0800. The van der Waals surface area contributed by atoms with Gasteiger partial charge in [0.2, 0.25) is 0 Å².